The largest absolute Gasteiger partial charge is 0.341 e. The van der Waals surface area contributed by atoms with Gasteiger partial charge in [0.25, 0.3) is 0 Å². The zero-order chi connectivity index (χ0) is 13.9. The van der Waals surface area contributed by atoms with Gasteiger partial charge in [-0.1, -0.05) is 11.8 Å². The Morgan fingerprint density at radius 3 is 2.74 bits per heavy atom. The van der Waals surface area contributed by atoms with Crippen molar-refractivity contribution in [1.29, 1.82) is 0 Å². The lowest BCUT2D eigenvalue weighted by molar-refractivity contribution is -0.128. The van der Waals surface area contributed by atoms with Crippen LogP contribution in [-0.2, 0) is 14.6 Å². The first-order chi connectivity index (χ1) is 8.98. The Labute approximate surface area is 116 Å². The van der Waals surface area contributed by atoms with Gasteiger partial charge >= 0.3 is 0 Å². The van der Waals surface area contributed by atoms with E-state index in [9.17, 15) is 13.2 Å². The van der Waals surface area contributed by atoms with Gasteiger partial charge in [-0.3, -0.25) is 4.79 Å². The van der Waals surface area contributed by atoms with Gasteiger partial charge in [0.05, 0.1) is 17.3 Å². The molecule has 0 N–H and O–H groups in total. The summed E-state index contributed by atoms with van der Waals surface area (Å²) in [7, 11) is -1.31. The standard InChI is InChI=1S/C11H15N3O3S2/c1-14(9-3-6-19(16,17)8-9)10(15)7-18-11-12-4-2-5-13-11/h2,4-5,9H,3,6-8H2,1H3/t9-/m1/s1. The molecule has 0 radical (unpaired) electrons. The van der Waals surface area contributed by atoms with Crippen molar-refractivity contribution >= 4 is 27.5 Å². The number of hydrogen-bond acceptors (Lipinski definition) is 6. The first-order valence-electron chi connectivity index (χ1n) is 5.84. The SMILES string of the molecule is CN(C(=O)CSc1ncccn1)[C@@H]1CCS(=O)(=O)C1. The zero-order valence-corrected chi connectivity index (χ0v) is 12.2. The second kappa shape index (κ2) is 5.87. The van der Waals surface area contributed by atoms with Crippen LogP contribution in [0, 0.1) is 0 Å². The van der Waals surface area contributed by atoms with Crippen LogP contribution in [0.1, 0.15) is 6.42 Å². The van der Waals surface area contributed by atoms with Gasteiger partial charge in [0.1, 0.15) is 0 Å². The van der Waals surface area contributed by atoms with Crippen LogP contribution in [0.5, 0.6) is 0 Å². The van der Waals surface area contributed by atoms with Crippen LogP contribution < -0.4 is 0 Å². The Morgan fingerprint density at radius 1 is 1.47 bits per heavy atom. The van der Waals surface area contributed by atoms with Crippen LogP contribution in [0.15, 0.2) is 23.6 Å². The summed E-state index contributed by atoms with van der Waals surface area (Å²) < 4.78 is 22.8. The lowest BCUT2D eigenvalue weighted by Crippen LogP contribution is -2.38. The van der Waals surface area contributed by atoms with E-state index >= 15 is 0 Å². The maximum atomic E-state index is 12.0. The summed E-state index contributed by atoms with van der Waals surface area (Å²) in [6.07, 6.45) is 3.76. The summed E-state index contributed by atoms with van der Waals surface area (Å²) in [6.45, 7) is 0. The number of rotatable bonds is 4. The van der Waals surface area contributed by atoms with Crippen molar-refractivity contribution in [3.8, 4) is 0 Å². The highest BCUT2D eigenvalue weighted by atomic mass is 32.2. The van der Waals surface area contributed by atoms with Crippen molar-refractivity contribution in [2.24, 2.45) is 0 Å². The van der Waals surface area contributed by atoms with Crippen LogP contribution in [0.3, 0.4) is 0 Å². The van der Waals surface area contributed by atoms with Crippen molar-refractivity contribution in [1.82, 2.24) is 14.9 Å². The van der Waals surface area contributed by atoms with Gasteiger partial charge in [0.15, 0.2) is 15.0 Å². The summed E-state index contributed by atoms with van der Waals surface area (Å²) >= 11 is 1.25. The third-order valence-electron chi connectivity index (χ3n) is 3.02. The number of amides is 1. The zero-order valence-electron chi connectivity index (χ0n) is 10.5. The number of hydrogen-bond donors (Lipinski definition) is 0. The van der Waals surface area contributed by atoms with E-state index in [0.717, 1.165) is 0 Å². The van der Waals surface area contributed by atoms with E-state index in [1.165, 1.54) is 16.7 Å². The molecule has 0 saturated carbocycles. The highest BCUT2D eigenvalue weighted by Gasteiger charge is 2.32. The third kappa shape index (κ3) is 3.90. The normalized spacial score (nSPS) is 21.2. The van der Waals surface area contributed by atoms with Crippen LogP contribution in [0.2, 0.25) is 0 Å². The topological polar surface area (TPSA) is 80.2 Å². The Bertz CT molecular complexity index is 548. The highest BCUT2D eigenvalue weighted by Crippen LogP contribution is 2.18. The van der Waals surface area contributed by atoms with Gasteiger partial charge in [0.2, 0.25) is 5.91 Å². The molecule has 2 rings (SSSR count). The molecule has 8 heteroatoms. The molecule has 0 aliphatic carbocycles. The van der Waals surface area contributed by atoms with Crippen molar-refractivity contribution in [3.05, 3.63) is 18.5 Å². The maximum absolute atomic E-state index is 12.0. The number of carbonyl (C=O) groups is 1. The number of aromatic nitrogens is 2. The summed E-state index contributed by atoms with van der Waals surface area (Å²) in [4.78, 5) is 21.5. The summed E-state index contributed by atoms with van der Waals surface area (Å²) in [5, 5.41) is 0.545. The van der Waals surface area contributed by atoms with E-state index in [1.54, 1.807) is 25.5 Å². The highest BCUT2D eigenvalue weighted by molar-refractivity contribution is 7.99. The van der Waals surface area contributed by atoms with Gasteiger partial charge in [-0.05, 0) is 12.5 Å². The molecule has 1 atom stereocenters. The first-order valence-corrected chi connectivity index (χ1v) is 8.64. The molecule has 1 aromatic rings. The fourth-order valence-corrected chi connectivity index (χ4v) is 4.37. The molecule has 19 heavy (non-hydrogen) atoms. The van der Waals surface area contributed by atoms with Gasteiger partial charge in [-0.25, -0.2) is 18.4 Å². The van der Waals surface area contributed by atoms with E-state index in [-0.39, 0.29) is 29.2 Å². The summed E-state index contributed by atoms with van der Waals surface area (Å²) in [5.74, 6) is 0.364. The molecule has 1 aliphatic heterocycles. The van der Waals surface area contributed by atoms with Crippen molar-refractivity contribution < 1.29 is 13.2 Å². The summed E-state index contributed by atoms with van der Waals surface area (Å²) in [6, 6.07) is 1.51. The number of sulfone groups is 1. The molecular formula is C11H15N3O3S2. The molecule has 1 amide bonds. The lowest BCUT2D eigenvalue weighted by Gasteiger charge is -2.23. The average Bonchev–Trinajstić information content (AvgIpc) is 2.76. The van der Waals surface area contributed by atoms with Crippen LogP contribution in [-0.4, -0.2) is 59.5 Å². The molecule has 1 fully saturated rings. The van der Waals surface area contributed by atoms with Gasteiger partial charge < -0.3 is 4.90 Å². The van der Waals surface area contributed by atoms with E-state index in [2.05, 4.69) is 9.97 Å². The minimum atomic E-state index is -2.97. The fourth-order valence-electron chi connectivity index (χ4n) is 1.87. The quantitative estimate of drug-likeness (QED) is 0.584. The van der Waals surface area contributed by atoms with Crippen LogP contribution >= 0.6 is 11.8 Å². The van der Waals surface area contributed by atoms with E-state index in [0.29, 0.717) is 11.6 Å². The predicted octanol–water partition coefficient (Wildman–Crippen LogP) is 0.214. The molecule has 0 aromatic carbocycles. The van der Waals surface area contributed by atoms with Crippen molar-refractivity contribution in [3.63, 3.8) is 0 Å². The number of carbonyl (C=O) groups excluding carboxylic acids is 1. The molecule has 0 spiro atoms. The maximum Gasteiger partial charge on any atom is 0.233 e. The first kappa shape index (κ1) is 14.3. The van der Waals surface area contributed by atoms with Crippen LogP contribution in [0.4, 0.5) is 0 Å². The minimum Gasteiger partial charge on any atom is -0.341 e. The lowest BCUT2D eigenvalue weighted by atomic mass is 10.2. The third-order valence-corrected chi connectivity index (χ3v) is 5.63. The molecular weight excluding hydrogens is 286 g/mol. The Morgan fingerprint density at radius 2 is 2.16 bits per heavy atom. The van der Waals surface area contributed by atoms with E-state index < -0.39 is 9.84 Å². The molecule has 2 heterocycles. The molecule has 6 nitrogen and oxygen atoms in total. The van der Waals surface area contributed by atoms with Crippen molar-refractivity contribution in [2.75, 3.05) is 24.3 Å². The Kier molecular flexibility index (Phi) is 4.41. The smallest absolute Gasteiger partial charge is 0.233 e. The summed E-state index contributed by atoms with van der Waals surface area (Å²) in [5.41, 5.74) is 0. The average molecular weight is 301 g/mol. The molecule has 1 aromatic heterocycles. The molecule has 104 valence electrons. The second-order valence-electron chi connectivity index (χ2n) is 4.38. The van der Waals surface area contributed by atoms with E-state index in [4.69, 9.17) is 0 Å². The van der Waals surface area contributed by atoms with Crippen LogP contribution in [0.25, 0.3) is 0 Å². The Balaban J connectivity index is 1.87. The van der Waals surface area contributed by atoms with E-state index in [1.807, 2.05) is 0 Å². The predicted molar refractivity (Wildman–Crippen MR) is 72.6 cm³/mol. The Hall–Kier alpha value is -1.15. The minimum absolute atomic E-state index is 0.0712. The fraction of sp³-hybridized carbons (Fsp3) is 0.545. The molecule has 0 bridgehead atoms. The van der Waals surface area contributed by atoms with Gasteiger partial charge in [-0.2, -0.15) is 0 Å². The number of nitrogens with zero attached hydrogens (tertiary/aromatic N) is 3. The number of thioether (sulfide) groups is 1. The monoisotopic (exact) mass is 301 g/mol. The molecule has 1 aliphatic rings. The second-order valence-corrected chi connectivity index (χ2v) is 7.55. The van der Waals surface area contributed by atoms with Gasteiger partial charge in [-0.15, -0.1) is 0 Å². The van der Waals surface area contributed by atoms with Gasteiger partial charge in [0, 0.05) is 25.5 Å². The molecule has 1 saturated heterocycles. The molecule has 0 unspecified atom stereocenters. The van der Waals surface area contributed by atoms with Crippen molar-refractivity contribution in [2.45, 2.75) is 17.6 Å².